The largest absolute Gasteiger partial charge is 0.496 e. The molecule has 1 fully saturated rings. The van der Waals surface area contributed by atoms with Crippen molar-refractivity contribution < 1.29 is 9.31 Å². The molecule has 1 aliphatic rings. The Balaban J connectivity index is 1.82. The molecule has 1 aliphatic heterocycles. The zero-order valence-electron chi connectivity index (χ0n) is 13.9. The number of pyridine rings is 1. The van der Waals surface area contributed by atoms with Crippen molar-refractivity contribution in [2.45, 2.75) is 45.8 Å². The van der Waals surface area contributed by atoms with Crippen molar-refractivity contribution in [1.29, 1.82) is 0 Å². The van der Waals surface area contributed by atoms with Crippen molar-refractivity contribution in [3.05, 3.63) is 48.2 Å². The van der Waals surface area contributed by atoms with Crippen molar-refractivity contribution in [2.75, 3.05) is 0 Å². The summed E-state index contributed by atoms with van der Waals surface area (Å²) >= 11 is 0. The van der Waals surface area contributed by atoms with Gasteiger partial charge in [-0.25, -0.2) is 0 Å². The maximum atomic E-state index is 6.05. The van der Waals surface area contributed by atoms with Crippen molar-refractivity contribution in [3.63, 3.8) is 0 Å². The van der Waals surface area contributed by atoms with E-state index >= 15 is 0 Å². The first-order valence-electron chi connectivity index (χ1n) is 7.67. The monoisotopic (exact) mass is 295 g/mol. The van der Waals surface area contributed by atoms with Crippen LogP contribution in [0.5, 0.6) is 0 Å². The van der Waals surface area contributed by atoms with Gasteiger partial charge in [-0.05, 0) is 40.7 Å². The van der Waals surface area contributed by atoms with Crippen LogP contribution in [0.4, 0.5) is 0 Å². The highest BCUT2D eigenvalue weighted by Crippen LogP contribution is 2.36. The third kappa shape index (κ3) is 2.69. The van der Waals surface area contributed by atoms with Crippen LogP contribution in [0, 0.1) is 6.92 Å². The SMILES string of the molecule is Cc1ccc(-c2ccc(B3OC(C)(C)C(C)(C)O3)cn2)cc1. The van der Waals surface area contributed by atoms with Gasteiger partial charge >= 0.3 is 7.12 Å². The van der Waals surface area contributed by atoms with Gasteiger partial charge in [0.25, 0.3) is 0 Å². The van der Waals surface area contributed by atoms with Gasteiger partial charge in [0.2, 0.25) is 0 Å². The summed E-state index contributed by atoms with van der Waals surface area (Å²) in [5.41, 5.74) is 3.62. The van der Waals surface area contributed by atoms with Crippen LogP contribution in [-0.4, -0.2) is 23.3 Å². The van der Waals surface area contributed by atoms with Crippen LogP contribution in [0.3, 0.4) is 0 Å². The number of rotatable bonds is 2. The highest BCUT2D eigenvalue weighted by Gasteiger charge is 2.51. The van der Waals surface area contributed by atoms with Crippen LogP contribution in [0.15, 0.2) is 42.6 Å². The van der Waals surface area contributed by atoms with Gasteiger partial charge in [0.05, 0.1) is 16.9 Å². The maximum Gasteiger partial charge on any atom is 0.496 e. The molecule has 0 atom stereocenters. The summed E-state index contributed by atoms with van der Waals surface area (Å²) in [5.74, 6) is 0. The summed E-state index contributed by atoms with van der Waals surface area (Å²) in [7, 11) is -0.357. The smallest absolute Gasteiger partial charge is 0.399 e. The minimum absolute atomic E-state index is 0.326. The number of hydrogen-bond donors (Lipinski definition) is 0. The minimum atomic E-state index is -0.357. The van der Waals surface area contributed by atoms with Gasteiger partial charge in [-0.3, -0.25) is 4.98 Å². The Kier molecular flexibility index (Phi) is 3.62. The van der Waals surface area contributed by atoms with E-state index in [1.165, 1.54) is 5.56 Å². The molecule has 2 heterocycles. The van der Waals surface area contributed by atoms with Crippen molar-refractivity contribution in [1.82, 2.24) is 4.98 Å². The van der Waals surface area contributed by atoms with E-state index in [1.54, 1.807) is 0 Å². The van der Waals surface area contributed by atoms with Crippen LogP contribution in [0.1, 0.15) is 33.3 Å². The van der Waals surface area contributed by atoms with E-state index in [0.717, 1.165) is 16.7 Å². The second-order valence-corrected chi connectivity index (χ2v) is 6.93. The lowest BCUT2D eigenvalue weighted by Gasteiger charge is -2.32. The molecule has 0 spiro atoms. The van der Waals surface area contributed by atoms with E-state index in [9.17, 15) is 0 Å². The van der Waals surface area contributed by atoms with Gasteiger partial charge in [0, 0.05) is 17.2 Å². The average molecular weight is 295 g/mol. The molecule has 2 aromatic rings. The summed E-state index contributed by atoms with van der Waals surface area (Å²) < 4.78 is 12.1. The fraction of sp³-hybridized carbons (Fsp3) is 0.389. The quantitative estimate of drug-likeness (QED) is 0.796. The van der Waals surface area contributed by atoms with Gasteiger partial charge in [-0.15, -0.1) is 0 Å². The second kappa shape index (κ2) is 5.22. The van der Waals surface area contributed by atoms with Crippen LogP contribution >= 0.6 is 0 Å². The van der Waals surface area contributed by atoms with Crippen LogP contribution in [0.2, 0.25) is 0 Å². The molecule has 22 heavy (non-hydrogen) atoms. The Morgan fingerprint density at radius 2 is 1.45 bits per heavy atom. The van der Waals surface area contributed by atoms with Crippen molar-refractivity contribution >= 4 is 12.6 Å². The number of benzene rings is 1. The molecule has 0 N–H and O–H groups in total. The molecule has 0 aliphatic carbocycles. The molecule has 1 aromatic carbocycles. The fourth-order valence-electron chi connectivity index (χ4n) is 2.42. The molecule has 0 saturated carbocycles. The zero-order valence-corrected chi connectivity index (χ0v) is 13.9. The first kappa shape index (κ1) is 15.3. The molecule has 0 unspecified atom stereocenters. The molecule has 0 bridgehead atoms. The summed E-state index contributed by atoms with van der Waals surface area (Å²) in [4.78, 5) is 4.56. The molecule has 0 amide bonds. The second-order valence-electron chi connectivity index (χ2n) is 6.93. The average Bonchev–Trinajstić information content (AvgIpc) is 2.68. The molecule has 1 saturated heterocycles. The number of aromatic nitrogens is 1. The maximum absolute atomic E-state index is 6.05. The Hall–Kier alpha value is -1.65. The lowest BCUT2D eigenvalue weighted by Crippen LogP contribution is -2.41. The van der Waals surface area contributed by atoms with Gasteiger partial charge in [-0.1, -0.05) is 35.9 Å². The number of aryl methyl sites for hydroxylation is 1. The standard InChI is InChI=1S/C18H22BNO2/c1-13-6-8-14(9-7-13)16-11-10-15(12-20-16)19-21-17(2,3)18(4,5)22-19/h6-12H,1-5H3. The molecule has 1 aromatic heterocycles. The molecular weight excluding hydrogens is 273 g/mol. The Labute approximate surface area is 132 Å². The first-order chi connectivity index (χ1) is 10.3. The summed E-state index contributed by atoms with van der Waals surface area (Å²) in [5, 5.41) is 0. The van der Waals surface area contributed by atoms with Crippen molar-refractivity contribution in [2.24, 2.45) is 0 Å². The fourth-order valence-corrected chi connectivity index (χ4v) is 2.42. The third-order valence-corrected chi connectivity index (χ3v) is 4.66. The summed E-state index contributed by atoms with van der Waals surface area (Å²) in [6.45, 7) is 10.3. The highest BCUT2D eigenvalue weighted by molar-refractivity contribution is 6.62. The summed E-state index contributed by atoms with van der Waals surface area (Å²) in [6.07, 6.45) is 1.84. The van der Waals surface area contributed by atoms with Crippen molar-refractivity contribution in [3.8, 4) is 11.3 Å². The number of nitrogens with zero attached hydrogens (tertiary/aromatic N) is 1. The molecule has 3 rings (SSSR count). The van der Waals surface area contributed by atoms with Gasteiger partial charge < -0.3 is 9.31 Å². The number of hydrogen-bond acceptors (Lipinski definition) is 3. The lowest BCUT2D eigenvalue weighted by molar-refractivity contribution is 0.00578. The molecule has 3 nitrogen and oxygen atoms in total. The highest BCUT2D eigenvalue weighted by atomic mass is 16.7. The third-order valence-electron chi connectivity index (χ3n) is 4.66. The van der Waals surface area contributed by atoms with E-state index < -0.39 is 0 Å². The van der Waals surface area contributed by atoms with Crippen LogP contribution < -0.4 is 5.46 Å². The van der Waals surface area contributed by atoms with E-state index in [1.807, 2.05) is 18.3 Å². The predicted molar refractivity (Wildman–Crippen MR) is 90.1 cm³/mol. The van der Waals surface area contributed by atoms with E-state index in [0.29, 0.717) is 0 Å². The first-order valence-corrected chi connectivity index (χ1v) is 7.67. The van der Waals surface area contributed by atoms with E-state index in [-0.39, 0.29) is 18.3 Å². The zero-order chi connectivity index (χ0) is 16.0. The predicted octanol–water partition coefficient (Wildman–Crippen LogP) is 3.36. The Bertz CT molecular complexity index is 646. The molecule has 4 heteroatoms. The van der Waals surface area contributed by atoms with Crippen LogP contribution in [0.25, 0.3) is 11.3 Å². The molecule has 0 radical (unpaired) electrons. The van der Waals surface area contributed by atoms with Crippen LogP contribution in [-0.2, 0) is 9.31 Å². The topological polar surface area (TPSA) is 31.4 Å². The van der Waals surface area contributed by atoms with Gasteiger partial charge in [0.1, 0.15) is 0 Å². The minimum Gasteiger partial charge on any atom is -0.399 e. The summed E-state index contributed by atoms with van der Waals surface area (Å²) in [6, 6.07) is 12.4. The van der Waals surface area contributed by atoms with Gasteiger partial charge in [0.15, 0.2) is 0 Å². The Morgan fingerprint density at radius 1 is 0.864 bits per heavy atom. The van der Waals surface area contributed by atoms with E-state index in [2.05, 4.69) is 63.9 Å². The molecular formula is C18H22BNO2. The molecule has 114 valence electrons. The lowest BCUT2D eigenvalue weighted by atomic mass is 9.80. The normalized spacial score (nSPS) is 19.4. The van der Waals surface area contributed by atoms with Gasteiger partial charge in [-0.2, -0.15) is 0 Å². The van der Waals surface area contributed by atoms with E-state index in [4.69, 9.17) is 9.31 Å². The Morgan fingerprint density at radius 3 is 1.95 bits per heavy atom.